The molecule has 0 fully saturated rings. The number of nitrogens with zero attached hydrogens (tertiary/aromatic N) is 1. The van der Waals surface area contributed by atoms with Crippen LogP contribution in [0.15, 0.2) is 0 Å². The summed E-state index contributed by atoms with van der Waals surface area (Å²) in [5.41, 5.74) is 0. The predicted molar refractivity (Wildman–Crippen MR) is 75.9 cm³/mol. The zero-order valence-electron chi connectivity index (χ0n) is 10.6. The van der Waals surface area contributed by atoms with Crippen molar-refractivity contribution in [2.75, 3.05) is 13.1 Å². The fourth-order valence-corrected chi connectivity index (χ4v) is 1.96. The number of carbonyl (C=O) groups is 1. The fourth-order valence-electron chi connectivity index (χ4n) is 1.60. The van der Waals surface area contributed by atoms with Crippen LogP contribution >= 0.6 is 34.8 Å². The largest absolute Gasteiger partial charge is 0.339 e. The van der Waals surface area contributed by atoms with Gasteiger partial charge in [0.15, 0.2) is 0 Å². The summed E-state index contributed by atoms with van der Waals surface area (Å²) in [7, 11) is 0. The molecule has 2 nitrogen and oxygen atoms in total. The molecule has 0 bridgehead atoms. The Morgan fingerprint density at radius 2 is 1.35 bits per heavy atom. The van der Waals surface area contributed by atoms with Crippen LogP contribution in [0.2, 0.25) is 0 Å². The highest BCUT2D eigenvalue weighted by molar-refractivity contribution is 6.76. The minimum absolute atomic E-state index is 0.394. The maximum Gasteiger partial charge on any atom is 0.274 e. The lowest BCUT2D eigenvalue weighted by Crippen LogP contribution is -2.40. The molecule has 0 atom stereocenters. The fraction of sp³-hybridized carbons (Fsp3) is 0.917. The minimum Gasteiger partial charge on any atom is -0.339 e. The number of carbonyl (C=O) groups excluding carboxylic acids is 1. The lowest BCUT2D eigenvalue weighted by atomic mass is 10.2. The molecule has 0 aliphatic rings. The third-order valence-electron chi connectivity index (χ3n) is 2.59. The first-order valence-corrected chi connectivity index (χ1v) is 7.43. The highest BCUT2D eigenvalue weighted by Crippen LogP contribution is 2.28. The number of halogens is 3. The van der Waals surface area contributed by atoms with Crippen molar-refractivity contribution in [2.45, 2.75) is 56.2 Å². The molecular formula is C12H22Cl3NO. The summed E-state index contributed by atoms with van der Waals surface area (Å²) in [6.45, 7) is 5.62. The van der Waals surface area contributed by atoms with E-state index in [0.29, 0.717) is 13.1 Å². The Hall–Kier alpha value is 0.340. The van der Waals surface area contributed by atoms with Gasteiger partial charge < -0.3 is 4.90 Å². The lowest BCUT2D eigenvalue weighted by molar-refractivity contribution is -0.130. The molecule has 17 heavy (non-hydrogen) atoms. The van der Waals surface area contributed by atoms with E-state index in [4.69, 9.17) is 34.8 Å². The third-order valence-corrected chi connectivity index (χ3v) is 3.08. The minimum atomic E-state index is -1.82. The van der Waals surface area contributed by atoms with Crippen LogP contribution in [0.1, 0.15) is 52.4 Å². The highest BCUT2D eigenvalue weighted by Gasteiger charge is 2.34. The van der Waals surface area contributed by atoms with Gasteiger partial charge in [0.25, 0.3) is 9.70 Å². The molecule has 0 radical (unpaired) electrons. The Bertz CT molecular complexity index is 206. The Kier molecular flexibility index (Phi) is 9.48. The van der Waals surface area contributed by atoms with Crippen LogP contribution in [0.3, 0.4) is 0 Å². The second kappa shape index (κ2) is 9.29. The van der Waals surface area contributed by atoms with Crippen molar-refractivity contribution in [1.82, 2.24) is 4.90 Å². The first-order chi connectivity index (χ1) is 7.93. The van der Waals surface area contributed by atoms with E-state index in [9.17, 15) is 4.79 Å². The molecule has 0 aromatic heterocycles. The van der Waals surface area contributed by atoms with Crippen molar-refractivity contribution in [3.8, 4) is 0 Å². The third kappa shape index (κ3) is 8.12. The van der Waals surface area contributed by atoms with Crippen molar-refractivity contribution >= 4 is 40.7 Å². The molecule has 0 unspecified atom stereocenters. The number of hydrogen-bond acceptors (Lipinski definition) is 1. The van der Waals surface area contributed by atoms with E-state index in [1.54, 1.807) is 4.90 Å². The van der Waals surface area contributed by atoms with Crippen LogP contribution in [-0.2, 0) is 4.79 Å². The lowest BCUT2D eigenvalue weighted by Gasteiger charge is -2.26. The molecule has 0 aromatic rings. The molecule has 0 aliphatic heterocycles. The molecule has 0 N–H and O–H groups in total. The Morgan fingerprint density at radius 3 is 1.65 bits per heavy atom. The Labute approximate surface area is 120 Å². The van der Waals surface area contributed by atoms with Crippen LogP contribution in [0.5, 0.6) is 0 Å². The summed E-state index contributed by atoms with van der Waals surface area (Å²) < 4.78 is -1.82. The van der Waals surface area contributed by atoms with Crippen molar-refractivity contribution in [3.05, 3.63) is 0 Å². The van der Waals surface area contributed by atoms with Crippen molar-refractivity contribution in [3.63, 3.8) is 0 Å². The Morgan fingerprint density at radius 1 is 0.941 bits per heavy atom. The van der Waals surface area contributed by atoms with Gasteiger partial charge in [-0.15, -0.1) is 0 Å². The molecular weight excluding hydrogens is 280 g/mol. The SMILES string of the molecule is CCCCCN(CCCCC)C(=O)C(Cl)(Cl)Cl. The van der Waals surface area contributed by atoms with Gasteiger partial charge in [-0.1, -0.05) is 74.3 Å². The Balaban J connectivity index is 4.23. The van der Waals surface area contributed by atoms with E-state index in [1.165, 1.54) is 0 Å². The van der Waals surface area contributed by atoms with Crippen LogP contribution in [0.25, 0.3) is 0 Å². The molecule has 5 heteroatoms. The summed E-state index contributed by atoms with van der Waals surface area (Å²) in [6.07, 6.45) is 6.36. The van der Waals surface area contributed by atoms with Crippen molar-refractivity contribution in [1.29, 1.82) is 0 Å². The van der Waals surface area contributed by atoms with Gasteiger partial charge in [0.2, 0.25) is 0 Å². The summed E-state index contributed by atoms with van der Waals surface area (Å²) in [4.78, 5) is 13.6. The standard InChI is InChI=1S/C12H22Cl3NO/c1-3-5-7-9-16(10-8-6-4-2)11(17)12(13,14)15/h3-10H2,1-2H3. The first-order valence-electron chi connectivity index (χ1n) is 6.29. The van der Waals surface area contributed by atoms with Gasteiger partial charge in [-0.2, -0.15) is 0 Å². The average molecular weight is 303 g/mol. The van der Waals surface area contributed by atoms with Gasteiger partial charge in [-0.05, 0) is 12.8 Å². The predicted octanol–water partition coefficient (Wildman–Crippen LogP) is 4.57. The number of alkyl halides is 3. The van der Waals surface area contributed by atoms with E-state index in [0.717, 1.165) is 38.5 Å². The zero-order valence-corrected chi connectivity index (χ0v) is 12.9. The van der Waals surface area contributed by atoms with Crippen molar-refractivity contribution in [2.24, 2.45) is 0 Å². The number of rotatable bonds is 8. The van der Waals surface area contributed by atoms with Gasteiger partial charge >= 0.3 is 0 Å². The van der Waals surface area contributed by atoms with E-state index < -0.39 is 9.70 Å². The summed E-state index contributed by atoms with van der Waals surface area (Å²) in [6, 6.07) is 0. The normalized spacial score (nSPS) is 11.6. The molecule has 0 aromatic carbocycles. The van der Waals surface area contributed by atoms with Gasteiger partial charge in [-0.25, -0.2) is 0 Å². The average Bonchev–Trinajstić information content (AvgIpc) is 2.25. The van der Waals surface area contributed by atoms with Crippen LogP contribution < -0.4 is 0 Å². The number of hydrogen-bond donors (Lipinski definition) is 0. The van der Waals surface area contributed by atoms with Crippen LogP contribution in [-0.4, -0.2) is 27.7 Å². The topological polar surface area (TPSA) is 20.3 Å². The monoisotopic (exact) mass is 301 g/mol. The van der Waals surface area contributed by atoms with Gasteiger partial charge in [0.1, 0.15) is 0 Å². The molecule has 0 spiro atoms. The van der Waals surface area contributed by atoms with Gasteiger partial charge in [-0.3, -0.25) is 4.79 Å². The van der Waals surface area contributed by atoms with Crippen molar-refractivity contribution < 1.29 is 4.79 Å². The smallest absolute Gasteiger partial charge is 0.274 e. The van der Waals surface area contributed by atoms with E-state index in [1.807, 2.05) is 0 Å². The molecule has 0 saturated carbocycles. The van der Waals surface area contributed by atoms with E-state index >= 15 is 0 Å². The zero-order chi connectivity index (χ0) is 13.3. The molecule has 0 heterocycles. The molecule has 102 valence electrons. The summed E-state index contributed by atoms with van der Waals surface area (Å²) in [5, 5.41) is 0. The maximum atomic E-state index is 11.9. The first kappa shape index (κ1) is 17.3. The molecule has 0 aliphatic carbocycles. The van der Waals surface area contributed by atoms with Gasteiger partial charge in [0, 0.05) is 13.1 Å². The van der Waals surface area contributed by atoms with E-state index in [-0.39, 0.29) is 0 Å². The second-order valence-corrected chi connectivity index (χ2v) is 6.49. The highest BCUT2D eigenvalue weighted by atomic mass is 35.6. The number of amides is 1. The van der Waals surface area contributed by atoms with E-state index in [2.05, 4.69) is 13.8 Å². The molecule has 0 saturated heterocycles. The van der Waals surface area contributed by atoms with Crippen LogP contribution in [0.4, 0.5) is 0 Å². The number of unbranched alkanes of at least 4 members (excludes halogenated alkanes) is 4. The molecule has 0 rings (SSSR count). The summed E-state index contributed by atoms with van der Waals surface area (Å²) in [5.74, 6) is -0.394. The summed E-state index contributed by atoms with van der Waals surface area (Å²) >= 11 is 16.9. The molecule has 1 amide bonds. The maximum absolute atomic E-state index is 11.9. The van der Waals surface area contributed by atoms with Gasteiger partial charge in [0.05, 0.1) is 0 Å². The van der Waals surface area contributed by atoms with Crippen LogP contribution in [0, 0.1) is 0 Å². The second-order valence-electron chi connectivity index (χ2n) is 4.20. The quantitative estimate of drug-likeness (QED) is 0.475.